The maximum Gasteiger partial charge on any atom is 0.326 e. The zero-order chi connectivity index (χ0) is 28.9. The van der Waals surface area contributed by atoms with Crippen LogP contribution in [0.25, 0.3) is 10.9 Å². The van der Waals surface area contributed by atoms with E-state index in [0.29, 0.717) is 45.3 Å². The predicted octanol–water partition coefficient (Wildman–Crippen LogP) is 6.37. The molecule has 41 heavy (non-hydrogen) atoms. The summed E-state index contributed by atoms with van der Waals surface area (Å²) in [7, 11) is 1.63. The summed E-state index contributed by atoms with van der Waals surface area (Å²) in [5, 5.41) is 10.7. The number of aliphatic carboxylic acids is 1. The maximum absolute atomic E-state index is 14.5. The highest BCUT2D eigenvalue weighted by molar-refractivity contribution is 5.88. The molecule has 0 saturated heterocycles. The van der Waals surface area contributed by atoms with Crippen LogP contribution < -0.4 is 0 Å². The van der Waals surface area contributed by atoms with Gasteiger partial charge in [0, 0.05) is 48.6 Å². The van der Waals surface area contributed by atoms with Gasteiger partial charge in [-0.3, -0.25) is 4.79 Å². The van der Waals surface area contributed by atoms with Crippen molar-refractivity contribution in [3.8, 4) is 0 Å². The molecule has 2 atom stereocenters. The summed E-state index contributed by atoms with van der Waals surface area (Å²) in [6.07, 6.45) is 2.57. The van der Waals surface area contributed by atoms with Gasteiger partial charge >= 0.3 is 5.97 Å². The third-order valence-corrected chi connectivity index (χ3v) is 8.40. The normalized spacial score (nSPS) is 15.6. The minimum Gasteiger partial charge on any atom is -0.480 e. The Morgan fingerprint density at radius 2 is 1.71 bits per heavy atom. The Bertz CT molecular complexity index is 1460. The topological polar surface area (TPSA) is 71.8 Å². The molecule has 6 nitrogen and oxygen atoms in total. The summed E-state index contributed by atoms with van der Waals surface area (Å²) in [5.74, 6) is -1.31. The van der Waals surface area contributed by atoms with Gasteiger partial charge in [-0.05, 0) is 60.6 Å². The summed E-state index contributed by atoms with van der Waals surface area (Å²) >= 11 is 0. The van der Waals surface area contributed by atoms with Crippen LogP contribution in [0, 0.1) is 5.82 Å². The van der Waals surface area contributed by atoms with Gasteiger partial charge in [0.1, 0.15) is 11.9 Å². The lowest BCUT2D eigenvalue weighted by molar-refractivity contribution is -0.141. The molecular formula is C34H37FN2O4. The lowest BCUT2D eigenvalue weighted by Gasteiger charge is -2.36. The lowest BCUT2D eigenvalue weighted by Crippen LogP contribution is -2.45. The van der Waals surface area contributed by atoms with Gasteiger partial charge in [0.2, 0.25) is 5.91 Å². The van der Waals surface area contributed by atoms with E-state index in [1.807, 2.05) is 52.8 Å². The Balaban J connectivity index is 1.49. The standard InChI is InChI=1S/C34H37FN2O4/c1-3-30(34(39)40)37-31-16-14-25(35)20-28(31)29-21-26(15-17-32(29)37)36(18-19-41-2)33(38)22-27(23-10-6-4-7-11-23)24-12-8-5-9-13-24/h4-14,16,20,26-27,30H,3,15,17-19,21-22H2,1-2H3,(H,39,40)/t26-,30?/m0/s1. The molecule has 0 bridgehead atoms. The van der Waals surface area contributed by atoms with Gasteiger partial charge in [-0.1, -0.05) is 67.6 Å². The first-order chi connectivity index (χ1) is 19.9. The second-order valence-corrected chi connectivity index (χ2v) is 10.8. The highest BCUT2D eigenvalue weighted by Gasteiger charge is 2.34. The Kier molecular flexibility index (Phi) is 8.84. The second kappa shape index (κ2) is 12.7. The zero-order valence-electron chi connectivity index (χ0n) is 23.6. The number of amides is 1. The van der Waals surface area contributed by atoms with Gasteiger partial charge in [0.25, 0.3) is 0 Å². The van der Waals surface area contributed by atoms with Crippen LogP contribution in [-0.4, -0.2) is 52.8 Å². The van der Waals surface area contributed by atoms with E-state index in [0.717, 1.165) is 33.3 Å². The Morgan fingerprint density at radius 3 is 2.29 bits per heavy atom. The summed E-state index contributed by atoms with van der Waals surface area (Å²) in [5.41, 5.74) is 4.77. The second-order valence-electron chi connectivity index (χ2n) is 10.8. The molecule has 214 valence electrons. The Morgan fingerprint density at radius 1 is 1.05 bits per heavy atom. The smallest absolute Gasteiger partial charge is 0.326 e. The zero-order valence-corrected chi connectivity index (χ0v) is 23.6. The van der Waals surface area contributed by atoms with E-state index in [1.54, 1.807) is 13.2 Å². The lowest BCUT2D eigenvalue weighted by atomic mass is 9.86. The van der Waals surface area contributed by atoms with Crippen molar-refractivity contribution >= 4 is 22.8 Å². The number of carboxylic acids is 1. The van der Waals surface area contributed by atoms with Gasteiger partial charge in [0.05, 0.1) is 6.61 Å². The molecule has 0 radical (unpaired) electrons. The Hall–Kier alpha value is -3.97. The first-order valence-corrected chi connectivity index (χ1v) is 14.3. The minimum atomic E-state index is -0.900. The molecule has 0 saturated carbocycles. The molecule has 1 amide bonds. The van der Waals surface area contributed by atoms with Gasteiger partial charge < -0.3 is 19.3 Å². The van der Waals surface area contributed by atoms with Gasteiger partial charge in [-0.25, -0.2) is 9.18 Å². The molecule has 0 fully saturated rings. The number of rotatable bonds is 11. The average molecular weight is 557 g/mol. The third-order valence-electron chi connectivity index (χ3n) is 8.40. The SMILES string of the molecule is CCC(C(=O)O)n1c2c(c3cc(F)ccc31)C[C@@H](N(CCOC)C(=O)CC(c1ccccc1)c1ccccc1)CC2. The highest BCUT2D eigenvalue weighted by Crippen LogP contribution is 2.38. The number of nitrogens with zero attached hydrogens (tertiary/aromatic N) is 2. The van der Waals surface area contributed by atoms with Crippen LogP contribution in [0.15, 0.2) is 78.9 Å². The van der Waals surface area contributed by atoms with Crippen molar-refractivity contribution in [3.63, 3.8) is 0 Å². The van der Waals surface area contributed by atoms with Crippen molar-refractivity contribution in [2.45, 2.75) is 57.0 Å². The fourth-order valence-corrected chi connectivity index (χ4v) is 6.43. The summed E-state index contributed by atoms with van der Waals surface area (Å²) in [6.45, 7) is 2.71. The van der Waals surface area contributed by atoms with E-state index in [-0.39, 0.29) is 23.7 Å². The fraction of sp³-hybridized carbons (Fsp3) is 0.353. The molecule has 3 aromatic carbocycles. The molecule has 1 aromatic heterocycles. The average Bonchev–Trinajstić information content (AvgIpc) is 3.30. The van der Waals surface area contributed by atoms with E-state index in [9.17, 15) is 19.1 Å². The molecular weight excluding hydrogens is 519 g/mol. The number of carbonyl (C=O) groups excluding carboxylic acids is 1. The highest BCUT2D eigenvalue weighted by atomic mass is 19.1. The molecule has 4 aromatic rings. The van der Waals surface area contributed by atoms with Crippen molar-refractivity contribution in [3.05, 3.63) is 107 Å². The van der Waals surface area contributed by atoms with Gasteiger partial charge in [-0.2, -0.15) is 0 Å². The van der Waals surface area contributed by atoms with Crippen molar-refractivity contribution in [1.29, 1.82) is 0 Å². The summed E-state index contributed by atoms with van der Waals surface area (Å²) < 4.78 is 21.8. The summed E-state index contributed by atoms with van der Waals surface area (Å²) in [4.78, 5) is 28.2. The molecule has 0 spiro atoms. The fourth-order valence-electron chi connectivity index (χ4n) is 6.43. The van der Waals surface area contributed by atoms with E-state index in [4.69, 9.17) is 4.74 Å². The number of methoxy groups -OCH3 is 1. The number of hydrogen-bond donors (Lipinski definition) is 1. The van der Waals surface area contributed by atoms with Crippen LogP contribution >= 0.6 is 0 Å². The number of aromatic nitrogens is 1. The number of hydrogen-bond acceptors (Lipinski definition) is 3. The number of benzene rings is 3. The minimum absolute atomic E-state index is 0.0418. The van der Waals surface area contributed by atoms with Crippen LogP contribution in [-0.2, 0) is 27.2 Å². The number of ether oxygens (including phenoxy) is 1. The maximum atomic E-state index is 14.5. The van der Waals surface area contributed by atoms with Crippen LogP contribution in [0.1, 0.15) is 60.5 Å². The number of carbonyl (C=O) groups is 2. The molecule has 1 heterocycles. The third kappa shape index (κ3) is 5.91. The first kappa shape index (κ1) is 28.6. The van der Waals surface area contributed by atoms with Crippen molar-refractivity contribution in [1.82, 2.24) is 9.47 Å². The van der Waals surface area contributed by atoms with Crippen molar-refractivity contribution < 1.29 is 23.8 Å². The predicted molar refractivity (Wildman–Crippen MR) is 158 cm³/mol. The molecule has 1 unspecified atom stereocenters. The largest absolute Gasteiger partial charge is 0.480 e. The number of halogens is 1. The van der Waals surface area contributed by atoms with Crippen LogP contribution in [0.4, 0.5) is 4.39 Å². The molecule has 5 rings (SSSR count). The Labute approximate surface area is 240 Å². The van der Waals surface area contributed by atoms with Crippen molar-refractivity contribution in [2.75, 3.05) is 20.3 Å². The summed E-state index contributed by atoms with van der Waals surface area (Å²) in [6, 6.07) is 23.9. The van der Waals surface area contributed by atoms with E-state index in [2.05, 4.69) is 24.3 Å². The van der Waals surface area contributed by atoms with Crippen LogP contribution in [0.3, 0.4) is 0 Å². The first-order valence-electron chi connectivity index (χ1n) is 14.3. The molecule has 7 heteroatoms. The monoisotopic (exact) mass is 556 g/mol. The van der Waals surface area contributed by atoms with Gasteiger partial charge in [-0.15, -0.1) is 0 Å². The van der Waals surface area contributed by atoms with E-state index < -0.39 is 12.0 Å². The van der Waals surface area contributed by atoms with Crippen molar-refractivity contribution in [2.24, 2.45) is 0 Å². The molecule has 1 aliphatic rings. The van der Waals surface area contributed by atoms with Crippen LogP contribution in [0.2, 0.25) is 0 Å². The molecule has 1 aliphatic carbocycles. The number of fused-ring (bicyclic) bond motifs is 3. The van der Waals surface area contributed by atoms with Gasteiger partial charge in [0.15, 0.2) is 0 Å². The molecule has 0 aliphatic heterocycles. The van der Waals surface area contributed by atoms with E-state index >= 15 is 0 Å². The quantitative estimate of drug-likeness (QED) is 0.233. The number of carboxylic acid groups (broad SMARTS) is 1. The molecule has 1 N–H and O–H groups in total. The van der Waals surface area contributed by atoms with E-state index in [1.165, 1.54) is 12.1 Å². The van der Waals surface area contributed by atoms with Crippen LogP contribution in [0.5, 0.6) is 0 Å².